The summed E-state index contributed by atoms with van der Waals surface area (Å²) in [6.07, 6.45) is 1.53. The second-order valence-corrected chi connectivity index (χ2v) is 4.34. The lowest BCUT2D eigenvalue weighted by Gasteiger charge is -2.03. The smallest absolute Gasteiger partial charge is 0.143 e. The van der Waals surface area contributed by atoms with Crippen molar-refractivity contribution in [1.29, 1.82) is 0 Å². The molecule has 0 spiro atoms. The van der Waals surface area contributed by atoms with Crippen molar-refractivity contribution in [2.75, 3.05) is 0 Å². The van der Waals surface area contributed by atoms with Crippen molar-refractivity contribution in [3.63, 3.8) is 0 Å². The van der Waals surface area contributed by atoms with Crippen LogP contribution in [0.2, 0.25) is 10.0 Å². The molecular weight excluding hydrogens is 292 g/mol. The highest BCUT2D eigenvalue weighted by Crippen LogP contribution is 2.32. The van der Waals surface area contributed by atoms with Gasteiger partial charge in [0.1, 0.15) is 5.82 Å². The summed E-state index contributed by atoms with van der Waals surface area (Å²) in [6, 6.07) is 2.72. The van der Waals surface area contributed by atoms with Gasteiger partial charge < -0.3 is 0 Å². The van der Waals surface area contributed by atoms with Crippen LogP contribution in [0.15, 0.2) is 22.8 Å². The Labute approximate surface area is 98.0 Å². The maximum absolute atomic E-state index is 13.1. The van der Waals surface area contributed by atoms with Gasteiger partial charge in [-0.1, -0.05) is 23.2 Å². The summed E-state index contributed by atoms with van der Waals surface area (Å²) in [5.41, 5.74) is 0.486. The molecule has 72 valence electrons. The topological polar surface area (TPSA) is 12.9 Å². The average Bonchev–Trinajstić information content (AvgIpc) is 2.15. The van der Waals surface area contributed by atoms with Crippen LogP contribution in [-0.4, -0.2) is 4.98 Å². The fraction of sp³-hybridized carbons (Fsp3) is 0. The fourth-order valence-corrected chi connectivity index (χ4v) is 1.81. The van der Waals surface area contributed by atoms with Gasteiger partial charge in [-0.2, -0.15) is 0 Å². The van der Waals surface area contributed by atoms with Crippen molar-refractivity contribution in [2.24, 2.45) is 0 Å². The molecule has 0 radical (unpaired) electrons. The number of rotatable bonds is 0. The number of halogens is 4. The molecule has 1 heterocycles. The summed E-state index contributed by atoms with van der Waals surface area (Å²) < 4.78 is 13.7. The Bertz CT molecular complexity index is 516. The van der Waals surface area contributed by atoms with Crippen molar-refractivity contribution in [2.45, 2.75) is 0 Å². The van der Waals surface area contributed by atoms with Crippen molar-refractivity contribution < 1.29 is 4.39 Å². The van der Waals surface area contributed by atoms with Crippen LogP contribution in [0.1, 0.15) is 0 Å². The Morgan fingerprint density at radius 2 is 2.00 bits per heavy atom. The molecule has 0 bridgehead atoms. The lowest BCUT2D eigenvalue weighted by Crippen LogP contribution is -1.84. The first kappa shape index (κ1) is 10.1. The third-order valence-electron chi connectivity index (χ3n) is 1.80. The number of nitrogens with zero attached hydrogens (tertiary/aromatic N) is 1. The zero-order valence-electron chi connectivity index (χ0n) is 6.69. The lowest BCUT2D eigenvalue weighted by atomic mass is 10.2. The summed E-state index contributed by atoms with van der Waals surface area (Å²) in [6.45, 7) is 0. The molecular formula is C9H3BrCl2FN. The minimum atomic E-state index is -0.495. The van der Waals surface area contributed by atoms with E-state index in [4.69, 9.17) is 23.2 Å². The van der Waals surface area contributed by atoms with Crippen LogP contribution in [0.3, 0.4) is 0 Å². The maximum Gasteiger partial charge on any atom is 0.143 e. The summed E-state index contributed by atoms with van der Waals surface area (Å²) >= 11 is 14.8. The number of aromatic nitrogens is 1. The lowest BCUT2D eigenvalue weighted by molar-refractivity contribution is 0.630. The van der Waals surface area contributed by atoms with E-state index in [0.29, 0.717) is 20.4 Å². The molecule has 1 aromatic heterocycles. The predicted octanol–water partition coefficient (Wildman–Crippen LogP) is 4.44. The van der Waals surface area contributed by atoms with Gasteiger partial charge >= 0.3 is 0 Å². The molecule has 5 heteroatoms. The van der Waals surface area contributed by atoms with Gasteiger partial charge in [-0.15, -0.1) is 0 Å². The molecule has 0 aliphatic carbocycles. The Hall–Kier alpha value is -0.380. The molecule has 2 rings (SSSR count). The number of hydrogen-bond donors (Lipinski definition) is 0. The van der Waals surface area contributed by atoms with Crippen molar-refractivity contribution >= 4 is 50.0 Å². The molecule has 0 fully saturated rings. The highest BCUT2D eigenvalue weighted by molar-refractivity contribution is 9.10. The maximum atomic E-state index is 13.1. The molecule has 0 unspecified atom stereocenters. The van der Waals surface area contributed by atoms with Crippen LogP contribution in [0.5, 0.6) is 0 Å². The zero-order valence-corrected chi connectivity index (χ0v) is 9.79. The Morgan fingerprint density at radius 1 is 1.29 bits per heavy atom. The summed E-state index contributed by atoms with van der Waals surface area (Å²) in [5.74, 6) is -0.495. The Balaban J connectivity index is 2.89. The van der Waals surface area contributed by atoms with Gasteiger partial charge in [-0.25, -0.2) is 4.39 Å². The van der Waals surface area contributed by atoms with E-state index in [1.807, 2.05) is 0 Å². The van der Waals surface area contributed by atoms with E-state index in [0.717, 1.165) is 0 Å². The largest absolute Gasteiger partial charge is 0.255 e. The van der Waals surface area contributed by atoms with Gasteiger partial charge in [0.2, 0.25) is 0 Å². The number of pyridine rings is 1. The van der Waals surface area contributed by atoms with Crippen LogP contribution < -0.4 is 0 Å². The highest BCUT2D eigenvalue weighted by atomic mass is 79.9. The molecule has 14 heavy (non-hydrogen) atoms. The first-order valence-corrected chi connectivity index (χ1v) is 5.23. The molecule has 2 aromatic rings. The van der Waals surface area contributed by atoms with Gasteiger partial charge in [-0.05, 0) is 22.0 Å². The van der Waals surface area contributed by atoms with E-state index in [1.165, 1.54) is 18.3 Å². The van der Waals surface area contributed by atoms with Gasteiger partial charge in [-0.3, -0.25) is 4.98 Å². The Morgan fingerprint density at radius 3 is 2.71 bits per heavy atom. The van der Waals surface area contributed by atoms with Crippen LogP contribution in [0.4, 0.5) is 4.39 Å². The minimum absolute atomic E-state index is 0.0410. The monoisotopic (exact) mass is 293 g/mol. The van der Waals surface area contributed by atoms with E-state index in [1.54, 1.807) is 0 Å². The van der Waals surface area contributed by atoms with Gasteiger partial charge in [0.05, 0.1) is 20.0 Å². The van der Waals surface area contributed by atoms with E-state index >= 15 is 0 Å². The number of benzene rings is 1. The summed E-state index contributed by atoms with van der Waals surface area (Å²) in [5, 5.41) is 1.16. The van der Waals surface area contributed by atoms with Crippen molar-refractivity contribution in [1.82, 2.24) is 4.98 Å². The minimum Gasteiger partial charge on any atom is -0.255 e. The summed E-state index contributed by atoms with van der Waals surface area (Å²) in [7, 11) is 0. The van der Waals surface area contributed by atoms with Crippen LogP contribution >= 0.6 is 39.1 Å². The standard InChI is InChI=1S/C9H3BrCl2FN/c10-5-3-14-8-2-7(13)6(11)1-4(8)9(5)12/h1-3H. The normalized spacial score (nSPS) is 10.9. The molecule has 0 saturated carbocycles. The Kier molecular flexibility index (Phi) is 2.64. The van der Waals surface area contributed by atoms with Gasteiger partial charge in [0.25, 0.3) is 0 Å². The van der Waals surface area contributed by atoms with E-state index in [-0.39, 0.29) is 5.02 Å². The summed E-state index contributed by atoms with van der Waals surface area (Å²) in [4.78, 5) is 4.01. The van der Waals surface area contributed by atoms with E-state index in [2.05, 4.69) is 20.9 Å². The molecule has 0 atom stereocenters. The van der Waals surface area contributed by atoms with E-state index in [9.17, 15) is 4.39 Å². The molecule has 0 aliphatic heterocycles. The third-order valence-corrected chi connectivity index (χ3v) is 3.33. The molecule has 0 amide bonds. The highest BCUT2D eigenvalue weighted by Gasteiger charge is 2.08. The SMILES string of the molecule is Fc1cc2ncc(Br)c(Cl)c2cc1Cl. The molecule has 0 aliphatic rings. The molecule has 0 saturated heterocycles. The predicted molar refractivity (Wildman–Crippen MR) is 59.4 cm³/mol. The third kappa shape index (κ3) is 1.60. The second-order valence-electron chi connectivity index (χ2n) is 2.70. The second kappa shape index (κ2) is 3.65. The van der Waals surface area contributed by atoms with Crippen molar-refractivity contribution in [3.05, 3.63) is 38.7 Å². The van der Waals surface area contributed by atoms with E-state index < -0.39 is 5.82 Å². The zero-order chi connectivity index (χ0) is 10.3. The van der Waals surface area contributed by atoms with Gasteiger partial charge in [0.15, 0.2) is 0 Å². The molecule has 1 nitrogen and oxygen atoms in total. The first-order valence-electron chi connectivity index (χ1n) is 3.68. The molecule has 1 aromatic carbocycles. The quantitative estimate of drug-likeness (QED) is 0.700. The molecule has 0 N–H and O–H groups in total. The van der Waals surface area contributed by atoms with Crippen LogP contribution in [-0.2, 0) is 0 Å². The first-order chi connectivity index (χ1) is 6.59. The van der Waals surface area contributed by atoms with Crippen molar-refractivity contribution in [3.8, 4) is 0 Å². The van der Waals surface area contributed by atoms with Crippen LogP contribution in [0.25, 0.3) is 10.9 Å². The fourth-order valence-electron chi connectivity index (χ4n) is 1.13. The number of hydrogen-bond acceptors (Lipinski definition) is 1. The number of fused-ring (bicyclic) bond motifs is 1. The average molecular weight is 295 g/mol. The van der Waals surface area contributed by atoms with Crippen LogP contribution in [0, 0.1) is 5.82 Å². The van der Waals surface area contributed by atoms with Gasteiger partial charge in [0, 0.05) is 17.6 Å².